The number of benzene rings is 2. The second kappa shape index (κ2) is 13.7. The van der Waals surface area contributed by atoms with Crippen LogP contribution in [0.5, 0.6) is 11.5 Å². The number of nitriles is 1. The van der Waals surface area contributed by atoms with Crippen LogP contribution in [-0.2, 0) is 50.8 Å². The van der Waals surface area contributed by atoms with E-state index in [9.17, 15) is 0 Å². The van der Waals surface area contributed by atoms with E-state index in [4.69, 9.17) is 40.3 Å². The lowest BCUT2D eigenvalue weighted by molar-refractivity contribution is 0.171. The van der Waals surface area contributed by atoms with Crippen LogP contribution in [-0.4, -0.2) is 41.8 Å². The third kappa shape index (κ3) is 6.94. The molecule has 0 radical (unpaired) electrons. The third-order valence-electron chi connectivity index (χ3n) is 5.68. The first-order valence-corrected chi connectivity index (χ1v) is 11.1. The Morgan fingerprint density at radius 2 is 1.11 bits per heavy atom. The van der Waals surface area contributed by atoms with Crippen molar-refractivity contribution in [1.29, 1.82) is 5.26 Å². The summed E-state index contributed by atoms with van der Waals surface area (Å²) in [7, 11) is 6.50. The summed E-state index contributed by atoms with van der Waals surface area (Å²) < 4.78 is 33.3. The highest BCUT2D eigenvalue weighted by atomic mass is 16.5. The molecular weight excluding hydrogens is 448 g/mol. The second-order valence-electron chi connectivity index (χ2n) is 8.48. The molecule has 0 aliphatic rings. The molecular formula is C27H34N2O6. The molecule has 0 heterocycles. The first-order valence-electron chi connectivity index (χ1n) is 11.1. The van der Waals surface area contributed by atoms with Crippen LogP contribution < -0.4 is 9.47 Å². The number of methoxy groups -OCH3 is 4. The van der Waals surface area contributed by atoms with Gasteiger partial charge in [0, 0.05) is 56.1 Å². The molecule has 0 aliphatic carbocycles. The minimum atomic E-state index is -0.442. The van der Waals surface area contributed by atoms with Crippen LogP contribution in [0.15, 0.2) is 24.3 Å². The molecule has 0 aromatic heterocycles. The molecule has 0 N–H and O–H groups in total. The minimum Gasteiger partial charge on any atom is -0.478 e. The predicted molar refractivity (Wildman–Crippen MR) is 131 cm³/mol. The average molecular weight is 483 g/mol. The molecule has 0 saturated heterocycles. The van der Waals surface area contributed by atoms with Crippen LogP contribution in [0.1, 0.15) is 47.2 Å². The molecule has 2 aromatic rings. The van der Waals surface area contributed by atoms with Crippen molar-refractivity contribution in [3.05, 3.63) is 69.1 Å². The Labute approximate surface area is 208 Å². The van der Waals surface area contributed by atoms with E-state index in [0.29, 0.717) is 37.9 Å². The smallest absolute Gasteiger partial charge is 0.357 e. The van der Waals surface area contributed by atoms with Crippen molar-refractivity contribution in [2.45, 2.75) is 45.7 Å². The molecule has 0 fully saturated rings. The summed E-state index contributed by atoms with van der Waals surface area (Å²) in [4.78, 5) is 3.33. The third-order valence-corrected chi connectivity index (χ3v) is 5.68. The molecule has 2 rings (SSSR count). The summed E-state index contributed by atoms with van der Waals surface area (Å²) in [5.41, 5.74) is 4.99. The molecule has 0 bridgehead atoms. The minimum absolute atomic E-state index is 0.0665. The van der Waals surface area contributed by atoms with Crippen molar-refractivity contribution >= 4 is 0 Å². The van der Waals surface area contributed by atoms with Crippen molar-refractivity contribution < 1.29 is 28.4 Å². The maximum absolute atomic E-state index is 9.03. The zero-order valence-electron chi connectivity index (χ0n) is 21.4. The van der Waals surface area contributed by atoms with Crippen LogP contribution >= 0.6 is 0 Å². The largest absolute Gasteiger partial charge is 0.478 e. The topological polar surface area (TPSA) is 83.5 Å². The lowest BCUT2D eigenvalue weighted by atomic mass is 9.76. The fourth-order valence-electron chi connectivity index (χ4n) is 4.02. The SMILES string of the molecule is [C-]#[N+]COc1c(COC)cc(C(C)(C)c2cc(COC)c(OCC#N)c(COC)c2)cc1COC. The number of rotatable bonds is 14. The van der Waals surface area contributed by atoms with Gasteiger partial charge in [0.2, 0.25) is 0 Å². The summed E-state index contributed by atoms with van der Waals surface area (Å²) >= 11 is 0. The fraction of sp³-hybridized carbons (Fsp3) is 0.481. The van der Waals surface area contributed by atoms with Gasteiger partial charge in [-0.05, 0) is 35.4 Å². The van der Waals surface area contributed by atoms with Crippen LogP contribution in [0.3, 0.4) is 0 Å². The Balaban J connectivity index is 2.71. The van der Waals surface area contributed by atoms with Gasteiger partial charge in [-0.3, -0.25) is 4.85 Å². The van der Waals surface area contributed by atoms with Crippen molar-refractivity contribution in [2.24, 2.45) is 0 Å². The number of nitrogens with zero attached hydrogens (tertiary/aromatic N) is 2. The Bertz CT molecular complexity index is 931. The number of ether oxygens (including phenoxy) is 6. The highest BCUT2D eigenvalue weighted by Crippen LogP contribution is 2.40. The van der Waals surface area contributed by atoms with Crippen molar-refractivity contribution in [3.8, 4) is 17.6 Å². The van der Waals surface area contributed by atoms with Crippen LogP contribution in [0, 0.1) is 17.9 Å². The molecule has 0 amide bonds. The molecule has 8 nitrogen and oxygen atoms in total. The van der Waals surface area contributed by atoms with Gasteiger partial charge in [0.25, 0.3) is 0 Å². The summed E-state index contributed by atoms with van der Waals surface area (Å²) in [6.45, 7) is 12.5. The maximum atomic E-state index is 9.03. The summed E-state index contributed by atoms with van der Waals surface area (Å²) in [5.74, 6) is 1.22. The van der Waals surface area contributed by atoms with Gasteiger partial charge in [0.1, 0.15) is 17.6 Å². The lowest BCUT2D eigenvalue weighted by Gasteiger charge is -2.30. The summed E-state index contributed by atoms with van der Waals surface area (Å²) in [5, 5.41) is 9.03. The first-order chi connectivity index (χ1) is 16.9. The van der Waals surface area contributed by atoms with Gasteiger partial charge < -0.3 is 28.4 Å². The van der Waals surface area contributed by atoms with Crippen LogP contribution in [0.2, 0.25) is 0 Å². The van der Waals surface area contributed by atoms with E-state index in [0.717, 1.165) is 33.4 Å². The van der Waals surface area contributed by atoms with E-state index in [1.165, 1.54) is 0 Å². The summed E-state index contributed by atoms with van der Waals surface area (Å²) in [6.07, 6.45) is 0. The van der Waals surface area contributed by atoms with Crippen molar-refractivity contribution in [2.75, 3.05) is 41.8 Å². The molecule has 35 heavy (non-hydrogen) atoms. The van der Waals surface area contributed by atoms with Gasteiger partial charge in [0.05, 0.1) is 26.4 Å². The molecule has 2 aromatic carbocycles. The highest BCUT2D eigenvalue weighted by Gasteiger charge is 2.28. The van der Waals surface area contributed by atoms with Crippen LogP contribution in [0.4, 0.5) is 0 Å². The highest BCUT2D eigenvalue weighted by molar-refractivity contribution is 5.53. The normalized spacial score (nSPS) is 11.1. The standard InChI is InChI=1S/C27H34N2O6/c1-27(2,23-10-19(14-30-4)25(34-9-8-28)20(11-23)15-31-5)24-12-21(16-32-6)26(35-18-29-3)22(13-24)17-33-7/h10-13H,9,14-18H2,1-2,4-7H3. The molecule has 0 atom stereocenters. The van der Waals surface area contributed by atoms with E-state index >= 15 is 0 Å². The molecule has 0 aliphatic heterocycles. The fourth-order valence-corrected chi connectivity index (χ4v) is 4.02. The molecule has 0 unspecified atom stereocenters. The zero-order valence-corrected chi connectivity index (χ0v) is 21.4. The number of hydrogen-bond acceptors (Lipinski definition) is 7. The summed E-state index contributed by atoms with van der Waals surface area (Å²) in [6, 6.07) is 10.2. The Morgan fingerprint density at radius 3 is 1.43 bits per heavy atom. The van der Waals surface area contributed by atoms with Gasteiger partial charge in [-0.1, -0.05) is 13.8 Å². The van der Waals surface area contributed by atoms with E-state index in [1.807, 2.05) is 30.3 Å². The van der Waals surface area contributed by atoms with E-state index in [1.54, 1.807) is 28.4 Å². The quantitative estimate of drug-likeness (QED) is 0.359. The number of hydrogen-bond donors (Lipinski definition) is 0. The molecule has 8 heteroatoms. The second-order valence-corrected chi connectivity index (χ2v) is 8.48. The predicted octanol–water partition coefficient (Wildman–Crippen LogP) is 4.76. The van der Waals surface area contributed by atoms with Gasteiger partial charge in [-0.15, -0.1) is 0 Å². The Morgan fingerprint density at radius 1 is 0.743 bits per heavy atom. The molecule has 188 valence electrons. The molecule has 0 spiro atoms. The molecule has 0 saturated carbocycles. The van der Waals surface area contributed by atoms with Gasteiger partial charge in [0.15, 0.2) is 6.61 Å². The van der Waals surface area contributed by atoms with E-state index < -0.39 is 5.41 Å². The zero-order chi connectivity index (χ0) is 25.8. The lowest BCUT2D eigenvalue weighted by Crippen LogP contribution is -2.21. The van der Waals surface area contributed by atoms with Crippen molar-refractivity contribution in [3.63, 3.8) is 0 Å². The van der Waals surface area contributed by atoms with Crippen LogP contribution in [0.25, 0.3) is 4.85 Å². The maximum Gasteiger partial charge on any atom is 0.357 e. The van der Waals surface area contributed by atoms with E-state index in [2.05, 4.69) is 18.7 Å². The van der Waals surface area contributed by atoms with Gasteiger partial charge >= 0.3 is 6.73 Å². The van der Waals surface area contributed by atoms with Crippen molar-refractivity contribution in [1.82, 2.24) is 0 Å². The average Bonchev–Trinajstić information content (AvgIpc) is 2.83. The Kier molecular flexibility index (Phi) is 11.0. The van der Waals surface area contributed by atoms with Gasteiger partial charge in [-0.25, -0.2) is 6.57 Å². The monoisotopic (exact) mass is 482 g/mol. The van der Waals surface area contributed by atoms with Gasteiger partial charge in [-0.2, -0.15) is 5.26 Å². The first kappa shape index (κ1) is 28.1. The Hall–Kier alpha value is -3.14. The van der Waals surface area contributed by atoms with E-state index in [-0.39, 0.29) is 13.3 Å².